The standard InChI is InChI=1S/C11H15ClN4O4/c12-8-7(5-14-16(3-4-17)9(8)18)15-2-1-11(13,6-15)10(19)20/h5,17H,1-4,6,13H2,(H,19,20). The Bertz CT molecular complexity index is 590. The number of carbonyl (C=O) groups is 1. The van der Waals surface area contributed by atoms with Gasteiger partial charge < -0.3 is 20.8 Å². The van der Waals surface area contributed by atoms with Gasteiger partial charge in [-0.1, -0.05) is 11.6 Å². The van der Waals surface area contributed by atoms with Crippen molar-refractivity contribution in [3.05, 3.63) is 21.6 Å². The van der Waals surface area contributed by atoms with Crippen molar-refractivity contribution < 1.29 is 15.0 Å². The molecule has 1 atom stereocenters. The van der Waals surface area contributed by atoms with Crippen LogP contribution in [0.15, 0.2) is 11.0 Å². The van der Waals surface area contributed by atoms with Crippen LogP contribution in [0.2, 0.25) is 5.02 Å². The largest absolute Gasteiger partial charge is 0.480 e. The Morgan fingerprint density at radius 1 is 1.60 bits per heavy atom. The molecule has 1 unspecified atom stereocenters. The van der Waals surface area contributed by atoms with E-state index in [4.69, 9.17) is 27.5 Å². The minimum Gasteiger partial charge on any atom is -0.480 e. The van der Waals surface area contributed by atoms with E-state index in [1.54, 1.807) is 4.90 Å². The third kappa shape index (κ3) is 2.49. The number of hydrogen-bond donors (Lipinski definition) is 3. The van der Waals surface area contributed by atoms with Gasteiger partial charge in [-0.3, -0.25) is 9.59 Å². The molecular formula is C11H15ClN4O4. The van der Waals surface area contributed by atoms with E-state index in [0.29, 0.717) is 12.2 Å². The molecule has 1 saturated heterocycles. The number of aliphatic hydroxyl groups excluding tert-OH is 1. The smallest absolute Gasteiger partial charge is 0.325 e. The van der Waals surface area contributed by atoms with Crippen molar-refractivity contribution >= 4 is 23.3 Å². The lowest BCUT2D eigenvalue weighted by atomic mass is 10.0. The second-order valence-corrected chi connectivity index (χ2v) is 5.11. The summed E-state index contributed by atoms with van der Waals surface area (Å²) in [6, 6.07) is 0. The van der Waals surface area contributed by atoms with Crippen molar-refractivity contribution in [2.75, 3.05) is 24.6 Å². The van der Waals surface area contributed by atoms with Crippen LogP contribution in [-0.2, 0) is 11.3 Å². The van der Waals surface area contributed by atoms with Gasteiger partial charge in [0.1, 0.15) is 10.6 Å². The number of carboxylic acid groups (broad SMARTS) is 1. The van der Waals surface area contributed by atoms with Gasteiger partial charge in [0.2, 0.25) is 0 Å². The van der Waals surface area contributed by atoms with E-state index >= 15 is 0 Å². The minimum absolute atomic E-state index is 0.0504. The predicted molar refractivity (Wildman–Crippen MR) is 72.0 cm³/mol. The number of aliphatic carboxylic acids is 1. The zero-order chi connectivity index (χ0) is 14.9. The maximum absolute atomic E-state index is 11.9. The maximum Gasteiger partial charge on any atom is 0.325 e. The van der Waals surface area contributed by atoms with Crippen molar-refractivity contribution in [3.63, 3.8) is 0 Å². The van der Waals surface area contributed by atoms with Gasteiger partial charge in [-0.25, -0.2) is 4.68 Å². The molecule has 4 N–H and O–H groups in total. The van der Waals surface area contributed by atoms with Gasteiger partial charge in [-0.15, -0.1) is 0 Å². The van der Waals surface area contributed by atoms with E-state index in [9.17, 15) is 9.59 Å². The van der Waals surface area contributed by atoms with Gasteiger partial charge in [0.25, 0.3) is 5.56 Å². The fourth-order valence-corrected chi connectivity index (χ4v) is 2.41. The molecule has 1 aromatic heterocycles. The van der Waals surface area contributed by atoms with Gasteiger partial charge in [-0.2, -0.15) is 5.10 Å². The second-order valence-electron chi connectivity index (χ2n) is 4.73. The molecule has 1 aromatic rings. The Kier molecular flexibility index (Phi) is 3.98. The minimum atomic E-state index is -1.34. The number of aliphatic hydroxyl groups is 1. The van der Waals surface area contributed by atoms with E-state index < -0.39 is 17.1 Å². The summed E-state index contributed by atoms with van der Waals surface area (Å²) in [6.07, 6.45) is 1.64. The van der Waals surface area contributed by atoms with Gasteiger partial charge >= 0.3 is 5.97 Å². The molecule has 110 valence electrons. The molecule has 0 amide bonds. The summed E-state index contributed by atoms with van der Waals surface area (Å²) in [6.45, 7) is 0.271. The molecule has 20 heavy (non-hydrogen) atoms. The van der Waals surface area contributed by atoms with E-state index in [1.807, 2.05) is 0 Å². The van der Waals surface area contributed by atoms with Crippen LogP contribution in [0, 0.1) is 0 Å². The van der Waals surface area contributed by atoms with Crippen LogP contribution in [0.1, 0.15) is 6.42 Å². The summed E-state index contributed by atoms with van der Waals surface area (Å²) >= 11 is 6.00. The van der Waals surface area contributed by atoms with Crippen molar-refractivity contribution in [1.82, 2.24) is 9.78 Å². The van der Waals surface area contributed by atoms with Crippen LogP contribution in [0.3, 0.4) is 0 Å². The topological polar surface area (TPSA) is 122 Å². The summed E-state index contributed by atoms with van der Waals surface area (Å²) in [5.74, 6) is -1.09. The highest BCUT2D eigenvalue weighted by molar-refractivity contribution is 6.33. The molecule has 1 aliphatic heterocycles. The molecule has 8 nitrogen and oxygen atoms in total. The zero-order valence-electron chi connectivity index (χ0n) is 10.6. The molecule has 2 heterocycles. The number of nitrogens with zero attached hydrogens (tertiary/aromatic N) is 3. The number of nitrogens with two attached hydrogens (primary N) is 1. The van der Waals surface area contributed by atoms with E-state index in [-0.39, 0.29) is 31.1 Å². The quantitative estimate of drug-likeness (QED) is 0.644. The van der Waals surface area contributed by atoms with E-state index in [2.05, 4.69) is 5.10 Å². The van der Waals surface area contributed by atoms with Crippen molar-refractivity contribution in [2.45, 2.75) is 18.5 Å². The second kappa shape index (κ2) is 5.39. The highest BCUT2D eigenvalue weighted by Crippen LogP contribution is 2.28. The first-order valence-electron chi connectivity index (χ1n) is 6.03. The Hall–Kier alpha value is -1.64. The van der Waals surface area contributed by atoms with Crippen molar-refractivity contribution in [2.24, 2.45) is 5.73 Å². The summed E-state index contributed by atoms with van der Waals surface area (Å²) < 4.78 is 1.05. The third-order valence-electron chi connectivity index (χ3n) is 3.35. The van der Waals surface area contributed by atoms with Gasteiger partial charge in [0, 0.05) is 13.1 Å². The lowest BCUT2D eigenvalue weighted by molar-refractivity contribution is -0.142. The first-order chi connectivity index (χ1) is 9.39. The van der Waals surface area contributed by atoms with E-state index in [1.165, 1.54) is 6.20 Å². The fraction of sp³-hybridized carbons (Fsp3) is 0.545. The average molecular weight is 303 g/mol. The van der Waals surface area contributed by atoms with Crippen molar-refractivity contribution in [3.8, 4) is 0 Å². The van der Waals surface area contributed by atoms with Gasteiger partial charge in [0.15, 0.2) is 0 Å². The summed E-state index contributed by atoms with van der Waals surface area (Å²) in [7, 11) is 0. The molecule has 1 fully saturated rings. The first kappa shape index (κ1) is 14.8. The van der Waals surface area contributed by atoms with Crippen molar-refractivity contribution in [1.29, 1.82) is 0 Å². The molecule has 0 aliphatic carbocycles. The number of aromatic nitrogens is 2. The molecule has 0 aromatic carbocycles. The maximum atomic E-state index is 11.9. The normalized spacial score (nSPS) is 22.2. The van der Waals surface area contributed by atoms with Crippen LogP contribution >= 0.6 is 11.6 Å². The first-order valence-corrected chi connectivity index (χ1v) is 6.40. The lowest BCUT2D eigenvalue weighted by Gasteiger charge is -2.22. The molecule has 0 saturated carbocycles. The molecule has 0 bridgehead atoms. The number of halogens is 1. The van der Waals surface area contributed by atoms with Crippen LogP contribution in [0.4, 0.5) is 5.69 Å². The monoisotopic (exact) mass is 302 g/mol. The predicted octanol–water partition coefficient (Wildman–Crippen LogP) is -1.12. The van der Waals surface area contributed by atoms with Crippen LogP contribution in [-0.4, -0.2) is 51.2 Å². The Labute approximate surface area is 119 Å². The van der Waals surface area contributed by atoms with Crippen LogP contribution in [0.25, 0.3) is 0 Å². The van der Waals surface area contributed by atoms with Crippen LogP contribution < -0.4 is 16.2 Å². The molecule has 0 radical (unpaired) electrons. The zero-order valence-corrected chi connectivity index (χ0v) is 11.4. The average Bonchev–Trinajstić information content (AvgIpc) is 2.79. The van der Waals surface area contributed by atoms with Crippen LogP contribution in [0.5, 0.6) is 0 Å². The van der Waals surface area contributed by atoms with Gasteiger partial charge in [0.05, 0.1) is 25.0 Å². The fourth-order valence-electron chi connectivity index (χ4n) is 2.14. The summed E-state index contributed by atoms with van der Waals surface area (Å²) in [5, 5.41) is 21.7. The third-order valence-corrected chi connectivity index (χ3v) is 3.70. The summed E-state index contributed by atoms with van der Waals surface area (Å²) in [4.78, 5) is 24.6. The number of rotatable bonds is 4. The molecular weight excluding hydrogens is 288 g/mol. The van der Waals surface area contributed by atoms with Gasteiger partial charge in [-0.05, 0) is 6.42 Å². The highest BCUT2D eigenvalue weighted by atomic mass is 35.5. The van der Waals surface area contributed by atoms with E-state index in [0.717, 1.165) is 4.68 Å². The number of hydrogen-bond acceptors (Lipinski definition) is 6. The Morgan fingerprint density at radius 2 is 2.30 bits per heavy atom. The SMILES string of the molecule is NC1(C(=O)O)CCN(c2cnn(CCO)c(=O)c2Cl)C1. The molecule has 1 aliphatic rings. The highest BCUT2D eigenvalue weighted by Gasteiger charge is 2.42. The number of anilines is 1. The lowest BCUT2D eigenvalue weighted by Crippen LogP contribution is -2.50. The molecule has 0 spiro atoms. The Morgan fingerprint density at radius 3 is 2.85 bits per heavy atom. The molecule has 2 rings (SSSR count). The molecule has 9 heteroatoms. The summed E-state index contributed by atoms with van der Waals surface area (Å²) in [5.41, 5.74) is 4.27. The Balaban J connectivity index is 2.30. The number of carboxylic acids is 1.